The molecule has 3 N–H and O–H groups in total. The van der Waals surface area contributed by atoms with E-state index in [0.717, 1.165) is 12.8 Å². The van der Waals surface area contributed by atoms with Crippen LogP contribution in [0.5, 0.6) is 0 Å². The first kappa shape index (κ1) is 14.6. The van der Waals surface area contributed by atoms with Crippen molar-refractivity contribution < 1.29 is 13.2 Å². The zero-order valence-corrected chi connectivity index (χ0v) is 12.2. The Bertz CT molecular complexity index is 568. The topological polar surface area (TPSA) is 81.4 Å². The van der Waals surface area contributed by atoms with Crippen LogP contribution in [-0.4, -0.2) is 27.2 Å². The number of hydrogen-bond acceptors (Lipinski definition) is 4. The molecule has 7 heteroatoms. The van der Waals surface area contributed by atoms with Crippen LogP contribution >= 0.6 is 11.6 Å². The number of benzene rings is 1. The number of sulfonamides is 1. The van der Waals surface area contributed by atoms with Gasteiger partial charge < -0.3 is 10.5 Å². The number of nitrogens with two attached hydrogens (primary N) is 1. The van der Waals surface area contributed by atoms with Crippen LogP contribution in [0.1, 0.15) is 19.8 Å². The summed E-state index contributed by atoms with van der Waals surface area (Å²) in [6.45, 7) is 2.88. The van der Waals surface area contributed by atoms with Crippen molar-refractivity contribution in [3.8, 4) is 0 Å². The van der Waals surface area contributed by atoms with E-state index in [1.807, 2.05) is 6.92 Å². The number of anilines is 1. The Balaban J connectivity index is 2.24. The van der Waals surface area contributed by atoms with Crippen molar-refractivity contribution >= 4 is 27.3 Å². The number of nitrogen functional groups attached to an aromatic ring is 1. The Morgan fingerprint density at radius 3 is 2.79 bits per heavy atom. The SMILES string of the molecule is CC1(NS(=O)(=O)c2ccc(Cl)c(N)c2)CCCOC1. The molecular weight excluding hydrogens is 288 g/mol. The van der Waals surface area contributed by atoms with Gasteiger partial charge in [-0.15, -0.1) is 0 Å². The van der Waals surface area contributed by atoms with Gasteiger partial charge in [0.1, 0.15) is 0 Å². The molecule has 1 aromatic rings. The molecule has 1 aromatic carbocycles. The molecule has 1 unspecified atom stereocenters. The quantitative estimate of drug-likeness (QED) is 0.834. The monoisotopic (exact) mass is 304 g/mol. The lowest BCUT2D eigenvalue weighted by atomic mass is 9.97. The normalized spacial score (nSPS) is 24.3. The lowest BCUT2D eigenvalue weighted by Crippen LogP contribution is -2.51. The lowest BCUT2D eigenvalue weighted by Gasteiger charge is -2.33. The van der Waals surface area contributed by atoms with Gasteiger partial charge in [0.25, 0.3) is 0 Å². The standard InChI is InChI=1S/C12H17ClN2O3S/c1-12(5-2-6-18-8-12)15-19(16,17)9-3-4-10(13)11(14)7-9/h3-4,7,15H,2,5-6,8,14H2,1H3. The molecule has 2 rings (SSSR count). The minimum absolute atomic E-state index is 0.112. The minimum Gasteiger partial charge on any atom is -0.397 e. The Morgan fingerprint density at radius 2 is 2.21 bits per heavy atom. The van der Waals surface area contributed by atoms with E-state index in [9.17, 15) is 8.42 Å². The van der Waals surface area contributed by atoms with E-state index in [0.29, 0.717) is 18.2 Å². The molecule has 0 spiro atoms. The molecule has 1 fully saturated rings. The fourth-order valence-electron chi connectivity index (χ4n) is 2.09. The fraction of sp³-hybridized carbons (Fsp3) is 0.500. The van der Waals surface area contributed by atoms with E-state index in [4.69, 9.17) is 22.1 Å². The van der Waals surface area contributed by atoms with E-state index in [2.05, 4.69) is 4.72 Å². The average molecular weight is 305 g/mol. The largest absolute Gasteiger partial charge is 0.397 e. The summed E-state index contributed by atoms with van der Waals surface area (Å²) < 4.78 is 32.6. The molecule has 1 heterocycles. The predicted octanol–water partition coefficient (Wildman–Crippen LogP) is 1.77. The molecule has 0 aromatic heterocycles. The maximum Gasteiger partial charge on any atom is 0.241 e. The van der Waals surface area contributed by atoms with Crippen LogP contribution < -0.4 is 10.5 Å². The van der Waals surface area contributed by atoms with E-state index >= 15 is 0 Å². The lowest BCUT2D eigenvalue weighted by molar-refractivity contribution is 0.0386. The van der Waals surface area contributed by atoms with Crippen LogP contribution in [0.2, 0.25) is 5.02 Å². The number of rotatable bonds is 3. The second-order valence-corrected chi connectivity index (χ2v) is 7.10. The summed E-state index contributed by atoms with van der Waals surface area (Å²) in [6.07, 6.45) is 1.58. The van der Waals surface area contributed by atoms with E-state index < -0.39 is 15.6 Å². The maximum absolute atomic E-state index is 12.3. The van der Waals surface area contributed by atoms with Crippen molar-refractivity contribution in [2.24, 2.45) is 0 Å². The zero-order chi connectivity index (χ0) is 14.1. The molecule has 1 saturated heterocycles. The first-order valence-electron chi connectivity index (χ1n) is 5.99. The van der Waals surface area contributed by atoms with Crippen molar-refractivity contribution in [3.05, 3.63) is 23.2 Å². The van der Waals surface area contributed by atoms with Gasteiger partial charge in [0.2, 0.25) is 10.0 Å². The first-order valence-corrected chi connectivity index (χ1v) is 7.85. The molecule has 1 atom stereocenters. The van der Waals surface area contributed by atoms with Crippen molar-refractivity contribution in [2.75, 3.05) is 18.9 Å². The summed E-state index contributed by atoms with van der Waals surface area (Å²) in [5.74, 6) is 0. The van der Waals surface area contributed by atoms with Crippen molar-refractivity contribution in [1.29, 1.82) is 0 Å². The molecule has 106 valence electrons. The Labute approximate surface area is 118 Å². The van der Waals surface area contributed by atoms with Crippen LogP contribution in [0.15, 0.2) is 23.1 Å². The van der Waals surface area contributed by atoms with Gasteiger partial charge in [-0.25, -0.2) is 13.1 Å². The van der Waals surface area contributed by atoms with Crippen molar-refractivity contribution in [2.45, 2.75) is 30.2 Å². The molecule has 0 saturated carbocycles. The molecule has 0 radical (unpaired) electrons. The summed E-state index contributed by atoms with van der Waals surface area (Å²) in [4.78, 5) is 0.112. The second-order valence-electron chi connectivity index (χ2n) is 5.01. The van der Waals surface area contributed by atoms with Gasteiger partial charge in [-0.3, -0.25) is 0 Å². The van der Waals surface area contributed by atoms with Gasteiger partial charge >= 0.3 is 0 Å². The van der Waals surface area contributed by atoms with Gasteiger partial charge in [-0.2, -0.15) is 0 Å². The summed E-state index contributed by atoms with van der Waals surface area (Å²) in [5, 5.41) is 0.339. The van der Waals surface area contributed by atoms with Crippen molar-refractivity contribution in [3.63, 3.8) is 0 Å². The molecule has 1 aliphatic heterocycles. The smallest absolute Gasteiger partial charge is 0.241 e. The minimum atomic E-state index is -3.63. The third-order valence-electron chi connectivity index (χ3n) is 3.10. The van der Waals surface area contributed by atoms with Crippen LogP contribution in [-0.2, 0) is 14.8 Å². The summed E-state index contributed by atoms with van der Waals surface area (Å²) in [6, 6.07) is 4.27. The number of halogens is 1. The molecular formula is C12H17ClN2O3S. The maximum atomic E-state index is 12.3. The number of nitrogens with one attached hydrogen (secondary N) is 1. The second kappa shape index (κ2) is 5.28. The Hall–Kier alpha value is -0.820. The molecule has 0 aliphatic carbocycles. The summed E-state index contributed by atoms with van der Waals surface area (Å²) in [7, 11) is -3.63. The van der Waals surface area contributed by atoms with Crippen LogP contribution in [0.25, 0.3) is 0 Å². The van der Waals surface area contributed by atoms with E-state index in [-0.39, 0.29) is 10.6 Å². The van der Waals surface area contributed by atoms with Gasteiger partial charge in [-0.05, 0) is 38.0 Å². The van der Waals surface area contributed by atoms with Gasteiger partial charge in [0.15, 0.2) is 0 Å². The Kier molecular flexibility index (Phi) is 4.06. The Morgan fingerprint density at radius 1 is 1.47 bits per heavy atom. The molecule has 19 heavy (non-hydrogen) atoms. The zero-order valence-electron chi connectivity index (χ0n) is 10.6. The highest BCUT2D eigenvalue weighted by Crippen LogP contribution is 2.25. The van der Waals surface area contributed by atoms with Gasteiger partial charge in [0.05, 0.1) is 27.8 Å². The average Bonchev–Trinajstić information content (AvgIpc) is 2.32. The fourth-order valence-corrected chi connectivity index (χ4v) is 3.66. The van der Waals surface area contributed by atoms with E-state index in [1.165, 1.54) is 18.2 Å². The van der Waals surface area contributed by atoms with Crippen molar-refractivity contribution in [1.82, 2.24) is 4.72 Å². The molecule has 0 bridgehead atoms. The van der Waals surface area contributed by atoms with Gasteiger partial charge in [-0.1, -0.05) is 11.6 Å². The highest BCUT2D eigenvalue weighted by molar-refractivity contribution is 7.89. The highest BCUT2D eigenvalue weighted by Gasteiger charge is 2.33. The van der Waals surface area contributed by atoms with Crippen LogP contribution in [0, 0.1) is 0 Å². The summed E-state index contributed by atoms with van der Waals surface area (Å²) >= 11 is 5.79. The first-order chi connectivity index (χ1) is 8.82. The highest BCUT2D eigenvalue weighted by atomic mass is 35.5. The molecule has 0 amide bonds. The van der Waals surface area contributed by atoms with Gasteiger partial charge in [0, 0.05) is 6.61 Å². The predicted molar refractivity (Wildman–Crippen MR) is 74.6 cm³/mol. The molecule has 1 aliphatic rings. The third-order valence-corrected chi connectivity index (χ3v) is 5.08. The van der Waals surface area contributed by atoms with Crippen LogP contribution in [0.4, 0.5) is 5.69 Å². The number of ether oxygens (including phenoxy) is 1. The van der Waals surface area contributed by atoms with E-state index in [1.54, 1.807) is 0 Å². The summed E-state index contributed by atoms with van der Waals surface area (Å²) in [5.41, 5.74) is 5.30. The van der Waals surface area contributed by atoms with Crippen LogP contribution in [0.3, 0.4) is 0 Å². The molecule has 5 nitrogen and oxygen atoms in total. The number of hydrogen-bond donors (Lipinski definition) is 2. The third kappa shape index (κ3) is 3.39.